The van der Waals surface area contributed by atoms with Crippen LogP contribution in [-0.2, 0) is 6.42 Å². The molecular formula is C15H24ClN3. The van der Waals surface area contributed by atoms with E-state index in [2.05, 4.69) is 30.7 Å². The van der Waals surface area contributed by atoms with E-state index >= 15 is 0 Å². The maximum atomic E-state index is 6.25. The summed E-state index contributed by atoms with van der Waals surface area (Å²) < 4.78 is 0. The maximum Gasteiger partial charge on any atom is 0.137 e. The SMILES string of the molecule is CCc1nc(Cl)c(C)c(N(CCC(C)C)C2CC2)n1. The van der Waals surface area contributed by atoms with Gasteiger partial charge in [0.05, 0.1) is 0 Å². The van der Waals surface area contributed by atoms with Crippen LogP contribution in [0.1, 0.15) is 51.4 Å². The second kappa shape index (κ2) is 6.08. The van der Waals surface area contributed by atoms with Gasteiger partial charge in [-0.25, -0.2) is 9.97 Å². The molecule has 2 rings (SSSR count). The van der Waals surface area contributed by atoms with Crippen LogP contribution in [0.4, 0.5) is 5.82 Å². The highest BCUT2D eigenvalue weighted by atomic mass is 35.5. The molecule has 0 amide bonds. The Kier molecular flexibility index (Phi) is 4.67. The molecule has 1 aliphatic rings. The lowest BCUT2D eigenvalue weighted by atomic mass is 10.1. The van der Waals surface area contributed by atoms with Gasteiger partial charge in [0.15, 0.2) is 0 Å². The van der Waals surface area contributed by atoms with Crippen LogP contribution in [0.25, 0.3) is 0 Å². The van der Waals surface area contributed by atoms with Crippen LogP contribution in [0.15, 0.2) is 0 Å². The summed E-state index contributed by atoms with van der Waals surface area (Å²) in [5.74, 6) is 2.62. The summed E-state index contributed by atoms with van der Waals surface area (Å²) in [4.78, 5) is 11.5. The summed E-state index contributed by atoms with van der Waals surface area (Å²) in [5, 5.41) is 0.608. The molecule has 106 valence electrons. The molecule has 1 aromatic heterocycles. The fourth-order valence-electron chi connectivity index (χ4n) is 2.20. The van der Waals surface area contributed by atoms with Crippen LogP contribution in [0.3, 0.4) is 0 Å². The molecule has 1 fully saturated rings. The van der Waals surface area contributed by atoms with Gasteiger partial charge in [-0.3, -0.25) is 0 Å². The monoisotopic (exact) mass is 281 g/mol. The molecule has 1 aliphatic carbocycles. The Balaban J connectivity index is 2.27. The minimum absolute atomic E-state index is 0.608. The van der Waals surface area contributed by atoms with Crippen LogP contribution in [-0.4, -0.2) is 22.6 Å². The van der Waals surface area contributed by atoms with Crippen molar-refractivity contribution in [1.82, 2.24) is 9.97 Å². The molecule has 0 bridgehead atoms. The number of halogens is 1. The lowest BCUT2D eigenvalue weighted by molar-refractivity contribution is 0.567. The minimum Gasteiger partial charge on any atom is -0.353 e. The van der Waals surface area contributed by atoms with Crippen molar-refractivity contribution in [3.63, 3.8) is 0 Å². The second-order valence-corrected chi connectivity index (χ2v) is 6.20. The Labute approximate surface area is 121 Å². The molecule has 0 spiro atoms. The first kappa shape index (κ1) is 14.6. The zero-order valence-corrected chi connectivity index (χ0v) is 13.2. The van der Waals surface area contributed by atoms with Gasteiger partial charge in [0.1, 0.15) is 16.8 Å². The van der Waals surface area contributed by atoms with E-state index in [4.69, 9.17) is 16.6 Å². The zero-order chi connectivity index (χ0) is 14.0. The topological polar surface area (TPSA) is 29.0 Å². The molecule has 0 N–H and O–H groups in total. The molecule has 0 atom stereocenters. The van der Waals surface area contributed by atoms with E-state index in [0.717, 1.165) is 30.2 Å². The third kappa shape index (κ3) is 3.59. The van der Waals surface area contributed by atoms with Gasteiger partial charge in [-0.05, 0) is 32.1 Å². The quantitative estimate of drug-likeness (QED) is 0.738. The van der Waals surface area contributed by atoms with Crippen molar-refractivity contribution >= 4 is 17.4 Å². The van der Waals surface area contributed by atoms with Gasteiger partial charge in [-0.2, -0.15) is 0 Å². The number of rotatable bonds is 6. The van der Waals surface area contributed by atoms with Crippen LogP contribution in [0.2, 0.25) is 5.15 Å². The van der Waals surface area contributed by atoms with E-state index in [1.165, 1.54) is 19.3 Å². The standard InChI is InChI=1S/C15H24ClN3/c1-5-13-17-14(16)11(4)15(18-13)19(12-6-7-12)9-8-10(2)3/h10,12H,5-9H2,1-4H3. The van der Waals surface area contributed by atoms with E-state index in [0.29, 0.717) is 17.1 Å². The minimum atomic E-state index is 0.608. The van der Waals surface area contributed by atoms with Gasteiger partial charge in [0.25, 0.3) is 0 Å². The molecule has 0 unspecified atom stereocenters. The van der Waals surface area contributed by atoms with E-state index in [1.807, 2.05) is 6.92 Å². The summed E-state index contributed by atoms with van der Waals surface area (Å²) in [5.41, 5.74) is 1.02. The van der Waals surface area contributed by atoms with Gasteiger partial charge in [-0.15, -0.1) is 0 Å². The van der Waals surface area contributed by atoms with Crippen molar-refractivity contribution in [2.75, 3.05) is 11.4 Å². The van der Waals surface area contributed by atoms with Crippen LogP contribution >= 0.6 is 11.6 Å². The first-order valence-corrected chi connectivity index (χ1v) is 7.70. The number of hydrogen-bond donors (Lipinski definition) is 0. The predicted molar refractivity (Wildman–Crippen MR) is 81.0 cm³/mol. The second-order valence-electron chi connectivity index (χ2n) is 5.84. The van der Waals surface area contributed by atoms with Crippen molar-refractivity contribution in [1.29, 1.82) is 0 Å². The van der Waals surface area contributed by atoms with Gasteiger partial charge in [0.2, 0.25) is 0 Å². The Bertz CT molecular complexity index is 441. The normalized spacial score (nSPS) is 15.1. The van der Waals surface area contributed by atoms with Crippen LogP contribution in [0.5, 0.6) is 0 Å². The highest BCUT2D eigenvalue weighted by molar-refractivity contribution is 6.30. The number of aromatic nitrogens is 2. The summed E-state index contributed by atoms with van der Waals surface area (Å²) in [7, 11) is 0. The number of anilines is 1. The zero-order valence-electron chi connectivity index (χ0n) is 12.4. The van der Waals surface area contributed by atoms with E-state index in [1.54, 1.807) is 0 Å². The molecule has 1 aromatic rings. The van der Waals surface area contributed by atoms with Crippen molar-refractivity contribution < 1.29 is 0 Å². The molecule has 4 heteroatoms. The van der Waals surface area contributed by atoms with Crippen molar-refractivity contribution in [2.45, 2.75) is 59.4 Å². The molecule has 0 aliphatic heterocycles. The smallest absolute Gasteiger partial charge is 0.137 e. The van der Waals surface area contributed by atoms with Crippen LogP contribution < -0.4 is 4.90 Å². The lowest BCUT2D eigenvalue weighted by Crippen LogP contribution is -2.30. The van der Waals surface area contributed by atoms with Gasteiger partial charge >= 0.3 is 0 Å². The molecule has 19 heavy (non-hydrogen) atoms. The first-order valence-electron chi connectivity index (χ1n) is 7.32. The van der Waals surface area contributed by atoms with Gasteiger partial charge in [0, 0.05) is 24.6 Å². The molecule has 0 radical (unpaired) electrons. The largest absolute Gasteiger partial charge is 0.353 e. The highest BCUT2D eigenvalue weighted by Gasteiger charge is 2.31. The molecule has 1 heterocycles. The average Bonchev–Trinajstić information content (AvgIpc) is 3.18. The third-order valence-corrected chi connectivity index (χ3v) is 4.00. The van der Waals surface area contributed by atoms with E-state index in [-0.39, 0.29) is 0 Å². The Morgan fingerprint density at radius 3 is 2.53 bits per heavy atom. The summed E-state index contributed by atoms with van der Waals surface area (Å²) in [6.07, 6.45) is 4.58. The van der Waals surface area contributed by atoms with E-state index in [9.17, 15) is 0 Å². The Morgan fingerprint density at radius 2 is 2.00 bits per heavy atom. The number of aryl methyl sites for hydroxylation is 1. The van der Waals surface area contributed by atoms with Crippen molar-refractivity contribution in [3.8, 4) is 0 Å². The molecule has 3 nitrogen and oxygen atoms in total. The molecule has 0 saturated heterocycles. The molecule has 0 aromatic carbocycles. The third-order valence-electron chi connectivity index (χ3n) is 3.63. The highest BCUT2D eigenvalue weighted by Crippen LogP contribution is 2.34. The Hall–Kier alpha value is -0.830. The summed E-state index contributed by atoms with van der Waals surface area (Å²) in [6.45, 7) is 9.70. The van der Waals surface area contributed by atoms with Crippen molar-refractivity contribution in [3.05, 3.63) is 16.5 Å². The van der Waals surface area contributed by atoms with Crippen LogP contribution in [0, 0.1) is 12.8 Å². The Morgan fingerprint density at radius 1 is 1.32 bits per heavy atom. The predicted octanol–water partition coefficient (Wildman–Crippen LogP) is 4.02. The number of nitrogens with zero attached hydrogens (tertiary/aromatic N) is 3. The summed E-state index contributed by atoms with van der Waals surface area (Å²) >= 11 is 6.25. The van der Waals surface area contributed by atoms with E-state index < -0.39 is 0 Å². The first-order chi connectivity index (χ1) is 9.02. The fourth-order valence-corrected chi connectivity index (χ4v) is 2.39. The summed E-state index contributed by atoms with van der Waals surface area (Å²) in [6, 6.07) is 0.660. The van der Waals surface area contributed by atoms with Crippen molar-refractivity contribution in [2.24, 2.45) is 5.92 Å². The maximum absolute atomic E-state index is 6.25. The number of hydrogen-bond acceptors (Lipinski definition) is 3. The van der Waals surface area contributed by atoms with Gasteiger partial charge < -0.3 is 4.90 Å². The molecule has 1 saturated carbocycles. The lowest BCUT2D eigenvalue weighted by Gasteiger charge is -2.26. The average molecular weight is 282 g/mol. The van der Waals surface area contributed by atoms with Gasteiger partial charge in [-0.1, -0.05) is 32.4 Å². The molecular weight excluding hydrogens is 258 g/mol. The fraction of sp³-hybridized carbons (Fsp3) is 0.733.